The van der Waals surface area contributed by atoms with Crippen LogP contribution in [-0.2, 0) is 0 Å². The molecule has 1 aromatic heterocycles. The van der Waals surface area contributed by atoms with E-state index in [-0.39, 0.29) is 5.48 Å². The van der Waals surface area contributed by atoms with Crippen molar-refractivity contribution in [3.05, 3.63) is 24.5 Å². The molecule has 0 saturated heterocycles. The van der Waals surface area contributed by atoms with Crippen LogP contribution < -0.4 is 5.46 Å². The van der Waals surface area contributed by atoms with Gasteiger partial charge in [-0.25, -0.2) is 0 Å². The lowest BCUT2D eigenvalue weighted by Crippen LogP contribution is -2.29. The largest absolute Gasteiger partial charge is 0.490 e. The van der Waals surface area contributed by atoms with Crippen molar-refractivity contribution in [2.24, 2.45) is 0 Å². The number of rotatable bonds is 1. The Bertz CT molecular complexity index is 180. The van der Waals surface area contributed by atoms with Gasteiger partial charge in [-0.2, -0.15) is 0 Å². The van der Waals surface area contributed by atoms with Crippen LogP contribution in [-0.4, -0.2) is 27.6 Å². The van der Waals surface area contributed by atoms with Crippen molar-refractivity contribution in [3.8, 4) is 0 Å². The Kier molecular flexibility index (Phi) is 3.64. The Labute approximate surface area is 58.6 Å². The van der Waals surface area contributed by atoms with E-state index in [0.717, 1.165) is 0 Å². The molecule has 0 amide bonds. The van der Waals surface area contributed by atoms with E-state index in [1.807, 2.05) is 0 Å². The quantitative estimate of drug-likeness (QED) is 0.440. The van der Waals surface area contributed by atoms with E-state index in [9.17, 15) is 0 Å². The second-order valence-electron chi connectivity index (χ2n) is 1.66. The molecule has 4 nitrogen and oxygen atoms in total. The average Bonchev–Trinajstić information content (AvgIpc) is 1.90. The van der Waals surface area contributed by atoms with Crippen molar-refractivity contribution in [2.75, 3.05) is 0 Å². The summed E-state index contributed by atoms with van der Waals surface area (Å²) in [6.07, 6.45) is 2.98. The summed E-state index contributed by atoms with van der Waals surface area (Å²) >= 11 is 0. The Morgan fingerprint density at radius 1 is 1.40 bits per heavy atom. The molecule has 1 rings (SSSR count). The van der Waals surface area contributed by atoms with Crippen molar-refractivity contribution in [2.45, 2.75) is 0 Å². The lowest BCUT2D eigenvalue weighted by Gasteiger charge is -1.93. The van der Waals surface area contributed by atoms with E-state index in [2.05, 4.69) is 4.98 Å². The Hall–Kier alpha value is -0.905. The molecule has 0 atom stereocenters. The lowest BCUT2D eigenvalue weighted by atomic mass is 9.82. The normalized spacial score (nSPS) is 8.20. The number of hydrogen-bond acceptors (Lipinski definition) is 3. The number of aromatic nitrogens is 1. The minimum absolute atomic E-state index is 0. The topological polar surface area (TPSA) is 84.9 Å². The average molecular weight is 141 g/mol. The highest BCUT2D eigenvalue weighted by Gasteiger charge is 2.08. The molecule has 0 spiro atoms. The molecular formula is C5H8BNO3. The smallest absolute Gasteiger partial charge is 0.423 e. The Balaban J connectivity index is 0.000000810. The molecule has 0 aliphatic rings. The van der Waals surface area contributed by atoms with Crippen LogP contribution in [0.2, 0.25) is 0 Å². The summed E-state index contributed by atoms with van der Waals surface area (Å²) < 4.78 is 0. The molecule has 0 aliphatic carbocycles. The van der Waals surface area contributed by atoms with Gasteiger partial charge in [0.05, 0.1) is 0 Å². The molecule has 0 saturated carbocycles. The fourth-order valence-electron chi connectivity index (χ4n) is 0.529. The van der Waals surface area contributed by atoms with E-state index in [0.29, 0.717) is 5.46 Å². The predicted octanol–water partition coefficient (Wildman–Crippen LogP) is -2.06. The highest BCUT2D eigenvalue weighted by molar-refractivity contribution is 6.58. The van der Waals surface area contributed by atoms with Crippen molar-refractivity contribution in [1.29, 1.82) is 0 Å². The Morgan fingerprint density at radius 3 is 2.40 bits per heavy atom. The number of hydrogen-bond donors (Lipinski definition) is 2. The fraction of sp³-hybridized carbons (Fsp3) is 0. The van der Waals surface area contributed by atoms with E-state index in [1.54, 1.807) is 18.3 Å². The maximum absolute atomic E-state index is 8.54. The molecule has 4 N–H and O–H groups in total. The molecule has 0 radical (unpaired) electrons. The Morgan fingerprint density at radius 2 is 2.10 bits per heavy atom. The van der Waals surface area contributed by atoms with Crippen LogP contribution in [0.4, 0.5) is 0 Å². The third-order valence-corrected chi connectivity index (χ3v) is 0.983. The summed E-state index contributed by atoms with van der Waals surface area (Å²) in [7, 11) is -1.40. The van der Waals surface area contributed by atoms with Gasteiger partial charge in [0, 0.05) is 17.9 Å². The molecule has 0 fully saturated rings. The summed E-state index contributed by atoms with van der Waals surface area (Å²) in [5, 5.41) is 17.1. The summed E-state index contributed by atoms with van der Waals surface area (Å²) in [4.78, 5) is 3.69. The predicted molar refractivity (Wildman–Crippen MR) is 37.7 cm³/mol. The van der Waals surface area contributed by atoms with Gasteiger partial charge < -0.3 is 15.5 Å². The van der Waals surface area contributed by atoms with Gasteiger partial charge in [-0.1, -0.05) is 6.07 Å². The van der Waals surface area contributed by atoms with E-state index >= 15 is 0 Å². The molecule has 54 valence electrons. The highest BCUT2D eigenvalue weighted by atomic mass is 16.4. The second kappa shape index (κ2) is 4.00. The zero-order chi connectivity index (χ0) is 6.69. The van der Waals surface area contributed by atoms with Crippen LogP contribution >= 0.6 is 0 Å². The fourth-order valence-corrected chi connectivity index (χ4v) is 0.529. The minimum atomic E-state index is -1.40. The minimum Gasteiger partial charge on any atom is -0.423 e. The standard InChI is InChI=1S/C5H6BNO2.H2O/c8-6(9)5-2-1-3-7-4-5;/h1-4,8-9H;1H2. The first-order valence-corrected chi connectivity index (χ1v) is 2.57. The maximum atomic E-state index is 8.54. The first kappa shape index (κ1) is 9.09. The zero-order valence-electron chi connectivity index (χ0n) is 5.23. The van der Waals surface area contributed by atoms with Crippen molar-refractivity contribution < 1.29 is 15.5 Å². The van der Waals surface area contributed by atoms with Crippen LogP contribution in [0.3, 0.4) is 0 Å². The molecule has 0 bridgehead atoms. The monoisotopic (exact) mass is 141 g/mol. The van der Waals surface area contributed by atoms with E-state index in [1.165, 1.54) is 6.20 Å². The van der Waals surface area contributed by atoms with Crippen LogP contribution in [0.1, 0.15) is 0 Å². The first-order valence-electron chi connectivity index (χ1n) is 2.57. The van der Waals surface area contributed by atoms with Crippen LogP contribution in [0.15, 0.2) is 24.5 Å². The maximum Gasteiger partial charge on any atom is 0.490 e. The van der Waals surface area contributed by atoms with Gasteiger partial charge in [0.2, 0.25) is 0 Å². The molecule has 0 aromatic carbocycles. The van der Waals surface area contributed by atoms with E-state index < -0.39 is 7.12 Å². The van der Waals surface area contributed by atoms with Crippen molar-refractivity contribution in [3.63, 3.8) is 0 Å². The third-order valence-electron chi connectivity index (χ3n) is 0.983. The summed E-state index contributed by atoms with van der Waals surface area (Å²) in [6.45, 7) is 0. The third kappa shape index (κ3) is 2.14. The van der Waals surface area contributed by atoms with Gasteiger partial charge in [0.1, 0.15) is 0 Å². The molecule has 5 heteroatoms. The van der Waals surface area contributed by atoms with Gasteiger partial charge in [-0.3, -0.25) is 4.98 Å². The van der Waals surface area contributed by atoms with Crippen LogP contribution in [0, 0.1) is 0 Å². The van der Waals surface area contributed by atoms with Crippen LogP contribution in [0.25, 0.3) is 0 Å². The molecule has 1 aromatic rings. The molecule has 0 aliphatic heterocycles. The van der Waals surface area contributed by atoms with Gasteiger partial charge in [0.25, 0.3) is 0 Å². The van der Waals surface area contributed by atoms with Crippen molar-refractivity contribution >= 4 is 12.6 Å². The SMILES string of the molecule is O.OB(O)c1cccnc1. The van der Waals surface area contributed by atoms with Gasteiger partial charge in [-0.05, 0) is 6.07 Å². The number of nitrogens with zero attached hydrogens (tertiary/aromatic N) is 1. The molecule has 0 unspecified atom stereocenters. The van der Waals surface area contributed by atoms with E-state index in [4.69, 9.17) is 10.0 Å². The van der Waals surface area contributed by atoms with Crippen LogP contribution in [0.5, 0.6) is 0 Å². The van der Waals surface area contributed by atoms with Gasteiger partial charge in [-0.15, -0.1) is 0 Å². The summed E-state index contributed by atoms with van der Waals surface area (Å²) in [5.41, 5.74) is 0.414. The molecular weight excluding hydrogens is 133 g/mol. The van der Waals surface area contributed by atoms with Gasteiger partial charge in [0.15, 0.2) is 0 Å². The summed E-state index contributed by atoms with van der Waals surface area (Å²) in [5.74, 6) is 0. The zero-order valence-corrected chi connectivity index (χ0v) is 5.23. The first-order chi connectivity index (χ1) is 4.30. The van der Waals surface area contributed by atoms with Crippen molar-refractivity contribution in [1.82, 2.24) is 4.98 Å². The lowest BCUT2D eigenvalue weighted by molar-refractivity contribution is 0.425. The second-order valence-corrected chi connectivity index (χ2v) is 1.66. The summed E-state index contributed by atoms with van der Waals surface area (Å²) in [6, 6.07) is 3.24. The highest BCUT2D eigenvalue weighted by Crippen LogP contribution is 1.77. The molecule has 1 heterocycles. The molecule has 10 heavy (non-hydrogen) atoms. The van der Waals surface area contributed by atoms with Gasteiger partial charge >= 0.3 is 7.12 Å². The number of pyridine rings is 1.